The molecule has 10 heteroatoms. The lowest BCUT2D eigenvalue weighted by molar-refractivity contribution is -0.143. The summed E-state index contributed by atoms with van der Waals surface area (Å²) in [7, 11) is -3.76. The molecule has 3 rings (SSSR count). The maximum Gasteiger partial charge on any atom is 0.331 e. The van der Waals surface area contributed by atoms with Crippen LogP contribution in [0, 0.1) is 11.6 Å². The summed E-state index contributed by atoms with van der Waals surface area (Å²) in [5, 5.41) is 0. The topological polar surface area (TPSA) is 102 Å². The summed E-state index contributed by atoms with van der Waals surface area (Å²) in [6, 6.07) is 7.31. The van der Waals surface area contributed by atoms with Gasteiger partial charge in [-0.05, 0) is 37.3 Å². The van der Waals surface area contributed by atoms with E-state index in [-0.39, 0.29) is 10.7 Å². The average molecular weight is 408 g/mol. The predicted octanol–water partition coefficient (Wildman–Crippen LogP) is 1.82. The summed E-state index contributed by atoms with van der Waals surface area (Å²) >= 11 is 0. The van der Waals surface area contributed by atoms with Gasteiger partial charge < -0.3 is 4.74 Å². The third-order valence-corrected chi connectivity index (χ3v) is 5.30. The number of amidine groups is 1. The van der Waals surface area contributed by atoms with Gasteiger partial charge in [0.1, 0.15) is 23.5 Å². The number of halogens is 2. The molecule has 0 bridgehead atoms. The van der Waals surface area contributed by atoms with Crippen LogP contribution in [0.15, 0.2) is 52.4 Å². The molecule has 28 heavy (non-hydrogen) atoms. The van der Waals surface area contributed by atoms with E-state index >= 15 is 0 Å². The number of ketones is 1. The Labute approximate surface area is 159 Å². The third kappa shape index (κ3) is 3.91. The van der Waals surface area contributed by atoms with Crippen LogP contribution >= 0.6 is 0 Å². The molecule has 1 unspecified atom stereocenters. The van der Waals surface area contributed by atoms with Crippen LogP contribution in [-0.2, 0) is 19.6 Å². The first-order valence-corrected chi connectivity index (χ1v) is 9.52. The molecule has 0 fully saturated rings. The Kier molecular flexibility index (Phi) is 5.23. The van der Waals surface area contributed by atoms with Crippen molar-refractivity contribution in [1.29, 1.82) is 0 Å². The molecular formula is C18H14F2N2O5S. The van der Waals surface area contributed by atoms with E-state index in [9.17, 15) is 26.8 Å². The number of rotatable bonds is 5. The van der Waals surface area contributed by atoms with Crippen LogP contribution in [0.5, 0.6) is 0 Å². The van der Waals surface area contributed by atoms with Crippen molar-refractivity contribution < 1.29 is 31.5 Å². The van der Waals surface area contributed by atoms with Gasteiger partial charge in [-0.15, -0.1) is 0 Å². The summed E-state index contributed by atoms with van der Waals surface area (Å²) < 4.78 is 57.8. The minimum Gasteiger partial charge on any atom is -0.456 e. The highest BCUT2D eigenvalue weighted by Crippen LogP contribution is 2.22. The molecule has 1 heterocycles. The van der Waals surface area contributed by atoms with Crippen LogP contribution in [0.25, 0.3) is 0 Å². The highest BCUT2D eigenvalue weighted by Gasteiger charge is 2.31. The summed E-state index contributed by atoms with van der Waals surface area (Å²) in [6.07, 6.45) is 0. The molecule has 1 aliphatic heterocycles. The van der Waals surface area contributed by atoms with E-state index in [4.69, 9.17) is 4.74 Å². The molecule has 0 aliphatic carbocycles. The van der Waals surface area contributed by atoms with Crippen LogP contribution in [0.2, 0.25) is 0 Å². The number of ether oxygens (including phenoxy) is 1. The lowest BCUT2D eigenvalue weighted by Gasteiger charge is -2.09. The van der Waals surface area contributed by atoms with Crippen LogP contribution in [0.3, 0.4) is 0 Å². The molecule has 0 amide bonds. The maximum absolute atomic E-state index is 13.6. The molecule has 0 saturated carbocycles. The van der Waals surface area contributed by atoms with Crippen molar-refractivity contribution in [1.82, 2.24) is 4.72 Å². The van der Waals surface area contributed by atoms with Gasteiger partial charge in [0, 0.05) is 5.56 Å². The molecule has 7 nitrogen and oxygen atoms in total. The number of carbonyl (C=O) groups excluding carboxylic acids is 2. The molecule has 0 radical (unpaired) electrons. The normalized spacial score (nSPS) is 16.9. The van der Waals surface area contributed by atoms with Crippen molar-refractivity contribution >= 4 is 27.6 Å². The minimum absolute atomic E-state index is 0.0254. The van der Waals surface area contributed by atoms with Crippen LogP contribution in [-0.4, -0.2) is 38.7 Å². The number of hydrogen-bond acceptors (Lipinski definition) is 6. The Balaban J connectivity index is 1.70. The molecule has 0 aromatic heterocycles. The molecule has 2 aromatic carbocycles. The van der Waals surface area contributed by atoms with E-state index in [2.05, 4.69) is 9.71 Å². The number of nitrogens with one attached hydrogen (secondary N) is 1. The number of benzene rings is 2. The summed E-state index contributed by atoms with van der Waals surface area (Å²) in [6.45, 7) is 0.536. The van der Waals surface area contributed by atoms with Crippen LogP contribution in [0.4, 0.5) is 8.78 Å². The van der Waals surface area contributed by atoms with Crippen molar-refractivity contribution in [2.75, 3.05) is 6.61 Å². The summed E-state index contributed by atoms with van der Waals surface area (Å²) in [4.78, 5) is 28.0. The highest BCUT2D eigenvalue weighted by atomic mass is 32.2. The van der Waals surface area contributed by atoms with E-state index in [1.807, 2.05) is 0 Å². The number of Topliss-reactive ketones (excluding diaryl/α,β-unsaturated/α-hetero) is 1. The van der Waals surface area contributed by atoms with Gasteiger partial charge in [0.15, 0.2) is 6.61 Å². The van der Waals surface area contributed by atoms with Gasteiger partial charge >= 0.3 is 5.97 Å². The first-order chi connectivity index (χ1) is 13.2. The fourth-order valence-corrected chi connectivity index (χ4v) is 3.76. The monoisotopic (exact) mass is 408 g/mol. The first-order valence-electron chi connectivity index (χ1n) is 8.04. The van der Waals surface area contributed by atoms with E-state index in [0.717, 1.165) is 12.1 Å². The molecule has 2 aromatic rings. The standard InChI is InChI=1S/C18H14F2N2O5S/c1-10(21-17-12-4-2-3-5-16(12)28(25,26)22-17)18(24)27-9-15(23)13-8-11(19)6-7-14(13)20/h2-8,10H,9H2,1H3,(H,21,22). The lowest BCUT2D eigenvalue weighted by Crippen LogP contribution is -2.27. The Morgan fingerprint density at radius 1 is 1.18 bits per heavy atom. The Bertz CT molecular complexity index is 1100. The third-order valence-electron chi connectivity index (χ3n) is 3.90. The largest absolute Gasteiger partial charge is 0.456 e. The molecule has 0 saturated heterocycles. The average Bonchev–Trinajstić information content (AvgIpc) is 2.92. The maximum atomic E-state index is 13.6. The zero-order chi connectivity index (χ0) is 20.5. The Morgan fingerprint density at radius 2 is 1.89 bits per heavy atom. The zero-order valence-corrected chi connectivity index (χ0v) is 15.3. The number of fused-ring (bicyclic) bond motifs is 1. The van der Waals surface area contributed by atoms with E-state index in [0.29, 0.717) is 11.6 Å². The second-order valence-corrected chi connectivity index (χ2v) is 7.56. The van der Waals surface area contributed by atoms with Gasteiger partial charge in [-0.3, -0.25) is 14.5 Å². The Hall–Kier alpha value is -3.14. The number of aliphatic imine (C=N–C) groups is 1. The van der Waals surface area contributed by atoms with Gasteiger partial charge in [-0.1, -0.05) is 12.1 Å². The van der Waals surface area contributed by atoms with Gasteiger partial charge in [0.2, 0.25) is 5.78 Å². The SMILES string of the molecule is CC(N=C1NS(=O)(=O)c2ccccc21)C(=O)OCC(=O)c1cc(F)ccc1F. The second-order valence-electron chi connectivity index (χ2n) is 5.91. The van der Waals surface area contributed by atoms with Crippen LogP contribution < -0.4 is 4.72 Å². The van der Waals surface area contributed by atoms with Gasteiger partial charge in [-0.2, -0.15) is 0 Å². The van der Waals surface area contributed by atoms with E-state index in [1.165, 1.54) is 19.1 Å². The minimum atomic E-state index is -3.76. The summed E-state index contributed by atoms with van der Waals surface area (Å²) in [5.41, 5.74) is -0.232. The fraction of sp³-hybridized carbons (Fsp3) is 0.167. The van der Waals surface area contributed by atoms with Crippen molar-refractivity contribution in [3.63, 3.8) is 0 Å². The second kappa shape index (κ2) is 7.47. The van der Waals surface area contributed by atoms with Gasteiger partial charge in [0.25, 0.3) is 10.0 Å². The molecule has 0 spiro atoms. The number of carbonyl (C=O) groups is 2. The smallest absolute Gasteiger partial charge is 0.331 e. The number of sulfonamides is 1. The van der Waals surface area contributed by atoms with Crippen molar-refractivity contribution in [3.8, 4) is 0 Å². The molecule has 1 aliphatic rings. The molecule has 146 valence electrons. The number of nitrogens with zero attached hydrogens (tertiary/aromatic N) is 1. The fourth-order valence-electron chi connectivity index (χ4n) is 2.52. The zero-order valence-electron chi connectivity index (χ0n) is 14.5. The van der Waals surface area contributed by atoms with E-state index < -0.39 is 51.6 Å². The number of hydrogen-bond donors (Lipinski definition) is 1. The molecular weight excluding hydrogens is 394 g/mol. The predicted molar refractivity (Wildman–Crippen MR) is 94.4 cm³/mol. The van der Waals surface area contributed by atoms with Crippen molar-refractivity contribution in [3.05, 3.63) is 65.2 Å². The van der Waals surface area contributed by atoms with Crippen LogP contribution in [0.1, 0.15) is 22.8 Å². The number of esters is 1. The van der Waals surface area contributed by atoms with Crippen molar-refractivity contribution in [2.24, 2.45) is 4.99 Å². The highest BCUT2D eigenvalue weighted by molar-refractivity contribution is 7.90. The summed E-state index contributed by atoms with van der Waals surface area (Å²) in [5.74, 6) is -3.61. The first kappa shape index (κ1) is 19.6. The Morgan fingerprint density at radius 3 is 2.64 bits per heavy atom. The van der Waals surface area contributed by atoms with Gasteiger partial charge in [-0.25, -0.2) is 22.0 Å². The molecule has 1 atom stereocenters. The lowest BCUT2D eigenvalue weighted by atomic mass is 10.1. The van der Waals surface area contributed by atoms with E-state index in [1.54, 1.807) is 12.1 Å². The van der Waals surface area contributed by atoms with Gasteiger partial charge in [0.05, 0.1) is 10.5 Å². The molecule has 1 N–H and O–H groups in total. The quantitative estimate of drug-likeness (QED) is 0.601. The van der Waals surface area contributed by atoms with Crippen molar-refractivity contribution in [2.45, 2.75) is 17.9 Å².